The van der Waals surface area contributed by atoms with Gasteiger partial charge in [-0.3, -0.25) is 9.69 Å². The lowest BCUT2D eigenvalue weighted by atomic mass is 9.87. The SMILES string of the molecule is CCN(CC(C)C(=O)O)C1CCc2cc(Br)ccc2C1. The van der Waals surface area contributed by atoms with E-state index in [9.17, 15) is 4.79 Å². The van der Waals surface area contributed by atoms with E-state index in [-0.39, 0.29) is 5.92 Å². The molecular weight excluding hydrogens is 318 g/mol. The van der Waals surface area contributed by atoms with Crippen molar-refractivity contribution in [3.05, 3.63) is 33.8 Å². The molecule has 0 aliphatic heterocycles. The zero-order chi connectivity index (χ0) is 14.7. The second-order valence-electron chi connectivity index (χ2n) is 5.64. The Morgan fingerprint density at radius 2 is 2.25 bits per heavy atom. The molecule has 0 saturated carbocycles. The quantitative estimate of drug-likeness (QED) is 0.894. The van der Waals surface area contributed by atoms with E-state index in [1.165, 1.54) is 11.1 Å². The van der Waals surface area contributed by atoms with E-state index >= 15 is 0 Å². The molecule has 0 aromatic heterocycles. The first kappa shape index (κ1) is 15.5. The maximum Gasteiger partial charge on any atom is 0.307 e. The van der Waals surface area contributed by atoms with Crippen LogP contribution in [0, 0.1) is 5.92 Å². The third-order valence-electron chi connectivity index (χ3n) is 4.22. The number of rotatable bonds is 5. The van der Waals surface area contributed by atoms with Gasteiger partial charge >= 0.3 is 5.97 Å². The Bertz CT molecular complexity index is 489. The first-order chi connectivity index (χ1) is 9.51. The summed E-state index contributed by atoms with van der Waals surface area (Å²) in [6.45, 7) is 5.46. The van der Waals surface area contributed by atoms with Crippen LogP contribution in [0.4, 0.5) is 0 Å². The van der Waals surface area contributed by atoms with Gasteiger partial charge in [0, 0.05) is 17.1 Å². The maximum absolute atomic E-state index is 11.0. The van der Waals surface area contributed by atoms with Crippen LogP contribution in [0.3, 0.4) is 0 Å². The smallest absolute Gasteiger partial charge is 0.307 e. The Morgan fingerprint density at radius 3 is 2.90 bits per heavy atom. The average molecular weight is 340 g/mol. The van der Waals surface area contributed by atoms with Crippen molar-refractivity contribution in [3.8, 4) is 0 Å². The molecular formula is C16H22BrNO2. The molecule has 0 amide bonds. The molecule has 0 radical (unpaired) electrons. The Balaban J connectivity index is 2.06. The summed E-state index contributed by atoms with van der Waals surface area (Å²) >= 11 is 3.52. The Labute approximate surface area is 129 Å². The van der Waals surface area contributed by atoms with E-state index in [0.29, 0.717) is 12.6 Å². The molecule has 1 aliphatic rings. The normalized spacial score (nSPS) is 19.7. The maximum atomic E-state index is 11.0. The van der Waals surface area contributed by atoms with Gasteiger partial charge in [-0.05, 0) is 49.1 Å². The van der Waals surface area contributed by atoms with E-state index < -0.39 is 5.97 Å². The van der Waals surface area contributed by atoms with E-state index in [1.54, 1.807) is 6.92 Å². The largest absolute Gasteiger partial charge is 0.481 e. The molecule has 0 heterocycles. The minimum Gasteiger partial charge on any atom is -0.481 e. The number of carboxylic acid groups (broad SMARTS) is 1. The summed E-state index contributed by atoms with van der Waals surface area (Å²) in [5.74, 6) is -1.01. The number of aryl methyl sites for hydroxylation is 1. The van der Waals surface area contributed by atoms with Gasteiger partial charge in [-0.2, -0.15) is 0 Å². The van der Waals surface area contributed by atoms with Crippen molar-refractivity contribution in [3.63, 3.8) is 0 Å². The summed E-state index contributed by atoms with van der Waals surface area (Å²) in [6, 6.07) is 6.97. The molecule has 1 aromatic rings. The van der Waals surface area contributed by atoms with Gasteiger partial charge in [-0.25, -0.2) is 0 Å². The number of aliphatic carboxylic acids is 1. The molecule has 2 atom stereocenters. The number of halogens is 1. The number of hydrogen-bond acceptors (Lipinski definition) is 2. The van der Waals surface area contributed by atoms with Gasteiger partial charge in [0.1, 0.15) is 0 Å². The molecule has 20 heavy (non-hydrogen) atoms. The van der Waals surface area contributed by atoms with Crippen molar-refractivity contribution < 1.29 is 9.90 Å². The Hall–Kier alpha value is -0.870. The zero-order valence-corrected chi connectivity index (χ0v) is 13.7. The fourth-order valence-corrected chi connectivity index (χ4v) is 3.39. The van der Waals surface area contributed by atoms with Crippen LogP contribution in [0.25, 0.3) is 0 Å². The number of fused-ring (bicyclic) bond motifs is 1. The van der Waals surface area contributed by atoms with Crippen molar-refractivity contribution in [2.24, 2.45) is 5.92 Å². The molecule has 2 rings (SSSR count). The predicted molar refractivity (Wildman–Crippen MR) is 84.0 cm³/mol. The first-order valence-corrected chi connectivity index (χ1v) is 8.04. The van der Waals surface area contributed by atoms with Gasteiger partial charge in [-0.1, -0.05) is 35.8 Å². The molecule has 1 N–H and O–H groups in total. The second kappa shape index (κ2) is 6.72. The highest BCUT2D eigenvalue weighted by molar-refractivity contribution is 9.10. The summed E-state index contributed by atoms with van der Waals surface area (Å²) in [4.78, 5) is 13.4. The summed E-state index contributed by atoms with van der Waals surface area (Å²) in [6.07, 6.45) is 3.23. The lowest BCUT2D eigenvalue weighted by Gasteiger charge is -2.35. The molecule has 0 fully saturated rings. The van der Waals surface area contributed by atoms with E-state index in [2.05, 4.69) is 46.0 Å². The van der Waals surface area contributed by atoms with Crippen LogP contribution in [0.15, 0.2) is 22.7 Å². The van der Waals surface area contributed by atoms with E-state index in [1.807, 2.05) is 0 Å². The summed E-state index contributed by atoms with van der Waals surface area (Å²) < 4.78 is 1.14. The van der Waals surface area contributed by atoms with Crippen LogP contribution in [-0.2, 0) is 17.6 Å². The molecule has 1 aliphatic carbocycles. The van der Waals surface area contributed by atoms with Gasteiger partial charge in [-0.15, -0.1) is 0 Å². The molecule has 2 unspecified atom stereocenters. The van der Waals surface area contributed by atoms with Crippen LogP contribution < -0.4 is 0 Å². The van der Waals surface area contributed by atoms with Gasteiger partial charge < -0.3 is 5.11 Å². The number of benzene rings is 1. The molecule has 0 spiro atoms. The molecule has 0 bridgehead atoms. The van der Waals surface area contributed by atoms with Crippen LogP contribution >= 0.6 is 15.9 Å². The Kier molecular flexibility index (Phi) is 5.22. The highest BCUT2D eigenvalue weighted by Crippen LogP contribution is 2.27. The lowest BCUT2D eigenvalue weighted by molar-refractivity contribution is -0.141. The monoisotopic (exact) mass is 339 g/mol. The van der Waals surface area contributed by atoms with Gasteiger partial charge in [0.05, 0.1) is 5.92 Å². The highest BCUT2D eigenvalue weighted by Gasteiger charge is 2.26. The Morgan fingerprint density at radius 1 is 1.50 bits per heavy atom. The first-order valence-electron chi connectivity index (χ1n) is 7.25. The van der Waals surface area contributed by atoms with Crippen molar-refractivity contribution in [2.75, 3.05) is 13.1 Å². The van der Waals surface area contributed by atoms with E-state index in [0.717, 1.165) is 30.3 Å². The number of carboxylic acids is 1. The number of carbonyl (C=O) groups is 1. The van der Waals surface area contributed by atoms with Gasteiger partial charge in [0.2, 0.25) is 0 Å². The third-order valence-corrected chi connectivity index (χ3v) is 4.72. The van der Waals surface area contributed by atoms with Crippen molar-refractivity contribution in [2.45, 2.75) is 39.2 Å². The number of likely N-dealkylation sites (N-methyl/N-ethyl adjacent to an activating group) is 1. The summed E-state index contributed by atoms with van der Waals surface area (Å²) in [5, 5.41) is 9.08. The van der Waals surface area contributed by atoms with Gasteiger partial charge in [0.15, 0.2) is 0 Å². The minimum absolute atomic E-state index is 0.304. The van der Waals surface area contributed by atoms with Crippen LogP contribution in [0.5, 0.6) is 0 Å². The molecule has 4 heteroatoms. The van der Waals surface area contributed by atoms with Crippen LogP contribution in [0.1, 0.15) is 31.4 Å². The predicted octanol–water partition coefficient (Wildman–Crippen LogP) is 3.35. The zero-order valence-electron chi connectivity index (χ0n) is 12.1. The molecule has 110 valence electrons. The van der Waals surface area contributed by atoms with Crippen LogP contribution in [-0.4, -0.2) is 35.1 Å². The van der Waals surface area contributed by atoms with Crippen molar-refractivity contribution >= 4 is 21.9 Å². The van der Waals surface area contributed by atoms with Crippen molar-refractivity contribution in [1.82, 2.24) is 4.90 Å². The van der Waals surface area contributed by atoms with E-state index in [4.69, 9.17) is 5.11 Å². The second-order valence-corrected chi connectivity index (χ2v) is 6.55. The molecule has 3 nitrogen and oxygen atoms in total. The number of nitrogens with zero attached hydrogens (tertiary/aromatic N) is 1. The fourth-order valence-electron chi connectivity index (χ4n) is 2.98. The third kappa shape index (κ3) is 3.61. The van der Waals surface area contributed by atoms with Gasteiger partial charge in [0.25, 0.3) is 0 Å². The fraction of sp³-hybridized carbons (Fsp3) is 0.562. The summed E-state index contributed by atoms with van der Waals surface area (Å²) in [5.41, 5.74) is 2.84. The average Bonchev–Trinajstić information content (AvgIpc) is 2.43. The standard InChI is InChI=1S/C16H22BrNO2/c1-3-18(10-11(2)16(19)20)15-7-5-12-8-14(17)6-4-13(12)9-15/h4,6,8,11,15H,3,5,7,9-10H2,1-2H3,(H,19,20). The molecule has 0 saturated heterocycles. The van der Waals surface area contributed by atoms with Crippen LogP contribution in [0.2, 0.25) is 0 Å². The van der Waals surface area contributed by atoms with Crippen molar-refractivity contribution in [1.29, 1.82) is 0 Å². The minimum atomic E-state index is -0.705. The highest BCUT2D eigenvalue weighted by atomic mass is 79.9. The lowest BCUT2D eigenvalue weighted by Crippen LogP contribution is -2.42. The summed E-state index contributed by atoms with van der Waals surface area (Å²) in [7, 11) is 0. The topological polar surface area (TPSA) is 40.5 Å². The number of hydrogen-bond donors (Lipinski definition) is 1. The molecule has 1 aromatic carbocycles.